The number of halogens is 1. The molecule has 3 atom stereocenters. The van der Waals surface area contributed by atoms with Crippen molar-refractivity contribution >= 4 is 11.9 Å². The van der Waals surface area contributed by atoms with Crippen LogP contribution in [0.15, 0.2) is 79.0 Å². The molecule has 160 valence electrons. The van der Waals surface area contributed by atoms with Crippen molar-refractivity contribution in [1.29, 1.82) is 10.5 Å². The van der Waals surface area contributed by atoms with Crippen LogP contribution in [0.1, 0.15) is 44.6 Å². The summed E-state index contributed by atoms with van der Waals surface area (Å²) in [4.78, 5) is 15.8. The molecule has 3 aromatic carbocycles. The maximum atomic E-state index is 13.9. The summed E-state index contributed by atoms with van der Waals surface area (Å²) in [5, 5.41) is 20.9. The van der Waals surface area contributed by atoms with Gasteiger partial charge >= 0.3 is 0 Å². The molecule has 0 amide bonds. The lowest BCUT2D eigenvalue weighted by Gasteiger charge is -2.34. The van der Waals surface area contributed by atoms with E-state index >= 15 is 0 Å². The van der Waals surface area contributed by atoms with Gasteiger partial charge in [-0.25, -0.2) is 4.39 Å². The molecule has 1 fully saturated rings. The zero-order valence-corrected chi connectivity index (χ0v) is 17.9. The van der Waals surface area contributed by atoms with Crippen molar-refractivity contribution in [2.24, 2.45) is 5.41 Å². The Morgan fingerprint density at radius 1 is 0.970 bits per heavy atom. The molecule has 0 aliphatic carbocycles. The first kappa shape index (κ1) is 20.7. The number of carbonyl (C=O) groups is 1. The second-order valence-electron chi connectivity index (χ2n) is 8.59. The van der Waals surface area contributed by atoms with Crippen molar-refractivity contribution in [2.75, 3.05) is 0 Å². The van der Waals surface area contributed by atoms with Gasteiger partial charge in [-0.15, -0.1) is 0 Å². The zero-order valence-electron chi connectivity index (χ0n) is 17.9. The van der Waals surface area contributed by atoms with Gasteiger partial charge in [0.05, 0.1) is 18.2 Å². The van der Waals surface area contributed by atoms with E-state index in [-0.39, 0.29) is 5.78 Å². The third-order valence-electron chi connectivity index (χ3n) is 6.78. The molecule has 3 aromatic rings. The van der Waals surface area contributed by atoms with E-state index in [0.717, 1.165) is 16.7 Å². The van der Waals surface area contributed by atoms with Crippen LogP contribution in [0.25, 0.3) is 6.08 Å². The predicted molar refractivity (Wildman–Crippen MR) is 122 cm³/mol. The van der Waals surface area contributed by atoms with E-state index in [1.807, 2.05) is 60.5 Å². The third-order valence-corrected chi connectivity index (χ3v) is 6.78. The lowest BCUT2D eigenvalue weighted by Crippen LogP contribution is -2.37. The number of rotatable bonds is 3. The summed E-state index contributed by atoms with van der Waals surface area (Å²) in [6, 6.07) is 23.8. The topological polar surface area (TPSA) is 67.9 Å². The minimum Gasteiger partial charge on any atom is -0.357 e. The van der Waals surface area contributed by atoms with Crippen LogP contribution < -0.4 is 0 Å². The molecule has 1 saturated heterocycles. The van der Waals surface area contributed by atoms with Gasteiger partial charge in [-0.05, 0) is 41.8 Å². The summed E-state index contributed by atoms with van der Waals surface area (Å²) in [5.74, 6) is -1.37. The quantitative estimate of drug-likeness (QED) is 0.508. The number of carbonyl (C=O) groups excluding carboxylic acids is 1. The minimum atomic E-state index is -1.55. The lowest BCUT2D eigenvalue weighted by molar-refractivity contribution is 0.0874. The Morgan fingerprint density at radius 3 is 2.30 bits per heavy atom. The normalized spacial score (nSPS) is 22.1. The average molecular weight is 433 g/mol. The Morgan fingerprint density at radius 2 is 1.64 bits per heavy atom. The first-order chi connectivity index (χ1) is 16.0. The SMILES string of the molecule is Cc1ccc(C(=O)[C@H]2[C@H](c3ccc(F)cc3)C(C#N)(C#N)[C@@H]3c4ccccc4C=CN32)cc1. The van der Waals surface area contributed by atoms with Gasteiger partial charge in [0.1, 0.15) is 11.9 Å². The van der Waals surface area contributed by atoms with Crippen LogP contribution in [0, 0.1) is 40.8 Å². The Balaban J connectivity index is 1.76. The van der Waals surface area contributed by atoms with E-state index in [2.05, 4.69) is 12.1 Å². The first-order valence-electron chi connectivity index (χ1n) is 10.7. The van der Waals surface area contributed by atoms with Crippen LogP contribution in [0.5, 0.6) is 0 Å². The van der Waals surface area contributed by atoms with Crippen LogP contribution >= 0.6 is 0 Å². The molecular formula is C28H20FN3O. The number of Topliss-reactive ketones (excluding diaryl/α,β-unsaturated/α-hetero) is 1. The molecule has 2 aliphatic rings. The lowest BCUT2D eigenvalue weighted by atomic mass is 9.67. The number of hydrogen-bond donors (Lipinski definition) is 0. The average Bonchev–Trinajstić information content (AvgIpc) is 3.15. The number of nitriles is 2. The maximum absolute atomic E-state index is 13.9. The maximum Gasteiger partial charge on any atom is 0.185 e. The molecule has 0 spiro atoms. The number of benzene rings is 3. The van der Waals surface area contributed by atoms with Gasteiger partial charge in [-0.1, -0.05) is 66.2 Å². The number of hydrogen-bond acceptors (Lipinski definition) is 4. The summed E-state index contributed by atoms with van der Waals surface area (Å²) < 4.78 is 13.8. The molecular weight excluding hydrogens is 413 g/mol. The van der Waals surface area contributed by atoms with E-state index in [0.29, 0.717) is 11.1 Å². The molecule has 2 heterocycles. The van der Waals surface area contributed by atoms with Crippen LogP contribution in [0.4, 0.5) is 4.39 Å². The molecule has 0 N–H and O–H groups in total. The zero-order chi connectivity index (χ0) is 23.2. The Kier molecular flexibility index (Phi) is 4.84. The fourth-order valence-corrected chi connectivity index (χ4v) is 5.23. The standard InChI is InChI=1S/C28H20FN3O/c1-18-6-8-21(9-7-18)26(33)25-24(20-10-12-22(29)13-11-20)28(16-30,17-31)27-23-5-3-2-4-19(23)14-15-32(25)27/h2-15,24-25,27H,1H3/t24-,25+,27-/m0/s1. The van der Waals surface area contributed by atoms with Gasteiger partial charge in [0, 0.05) is 17.7 Å². The van der Waals surface area contributed by atoms with Gasteiger partial charge in [-0.3, -0.25) is 4.79 Å². The number of nitrogens with zero attached hydrogens (tertiary/aromatic N) is 3. The molecule has 0 radical (unpaired) electrons. The Hall–Kier alpha value is -4.22. The van der Waals surface area contributed by atoms with E-state index in [4.69, 9.17) is 0 Å². The second kappa shape index (κ2) is 7.73. The largest absolute Gasteiger partial charge is 0.357 e. The fraction of sp³-hybridized carbons (Fsp3) is 0.179. The van der Waals surface area contributed by atoms with Gasteiger partial charge in [0.25, 0.3) is 0 Å². The fourth-order valence-electron chi connectivity index (χ4n) is 5.23. The molecule has 0 saturated carbocycles. The van der Waals surface area contributed by atoms with Crippen LogP contribution in [0.2, 0.25) is 0 Å². The highest BCUT2D eigenvalue weighted by molar-refractivity contribution is 6.01. The molecule has 0 unspecified atom stereocenters. The molecule has 0 aromatic heterocycles. The third kappa shape index (κ3) is 3.05. The van der Waals surface area contributed by atoms with Crippen LogP contribution in [-0.2, 0) is 0 Å². The monoisotopic (exact) mass is 433 g/mol. The van der Waals surface area contributed by atoms with Crippen molar-refractivity contribution in [3.8, 4) is 12.1 Å². The Bertz CT molecular complexity index is 1330. The highest BCUT2D eigenvalue weighted by Crippen LogP contribution is 2.60. The summed E-state index contributed by atoms with van der Waals surface area (Å²) in [6.45, 7) is 1.95. The van der Waals surface area contributed by atoms with Crippen molar-refractivity contribution < 1.29 is 9.18 Å². The highest BCUT2D eigenvalue weighted by atomic mass is 19.1. The molecule has 2 aliphatic heterocycles. The molecule has 4 nitrogen and oxygen atoms in total. The van der Waals surface area contributed by atoms with E-state index in [1.54, 1.807) is 24.3 Å². The Labute approximate surface area is 191 Å². The number of fused-ring (bicyclic) bond motifs is 3. The van der Waals surface area contributed by atoms with E-state index in [1.165, 1.54) is 12.1 Å². The van der Waals surface area contributed by atoms with Gasteiger partial charge < -0.3 is 4.90 Å². The van der Waals surface area contributed by atoms with Crippen LogP contribution in [0.3, 0.4) is 0 Å². The smallest absolute Gasteiger partial charge is 0.185 e. The second-order valence-corrected chi connectivity index (χ2v) is 8.59. The summed E-state index contributed by atoms with van der Waals surface area (Å²) in [5.41, 5.74) is 2.31. The van der Waals surface area contributed by atoms with E-state index < -0.39 is 29.2 Å². The van der Waals surface area contributed by atoms with Crippen molar-refractivity contribution in [2.45, 2.75) is 24.9 Å². The molecule has 33 heavy (non-hydrogen) atoms. The molecule has 5 heteroatoms. The van der Waals surface area contributed by atoms with Gasteiger partial charge in [0.2, 0.25) is 0 Å². The minimum absolute atomic E-state index is 0.175. The van der Waals surface area contributed by atoms with Crippen molar-refractivity contribution in [3.63, 3.8) is 0 Å². The van der Waals surface area contributed by atoms with E-state index in [9.17, 15) is 19.7 Å². The number of ketones is 1. The van der Waals surface area contributed by atoms with Crippen molar-refractivity contribution in [1.82, 2.24) is 4.90 Å². The molecule has 0 bridgehead atoms. The van der Waals surface area contributed by atoms with Gasteiger partial charge in [-0.2, -0.15) is 10.5 Å². The summed E-state index contributed by atoms with van der Waals surface area (Å²) >= 11 is 0. The summed E-state index contributed by atoms with van der Waals surface area (Å²) in [7, 11) is 0. The van der Waals surface area contributed by atoms with Crippen molar-refractivity contribution in [3.05, 3.63) is 113 Å². The first-order valence-corrected chi connectivity index (χ1v) is 10.7. The number of aryl methyl sites for hydroxylation is 1. The highest BCUT2D eigenvalue weighted by Gasteiger charge is 2.63. The predicted octanol–water partition coefficient (Wildman–Crippen LogP) is 5.54. The van der Waals surface area contributed by atoms with Gasteiger partial charge in [0.15, 0.2) is 11.2 Å². The molecule has 5 rings (SSSR count). The van der Waals surface area contributed by atoms with Crippen LogP contribution in [-0.4, -0.2) is 16.7 Å². The summed E-state index contributed by atoms with van der Waals surface area (Å²) in [6.07, 6.45) is 3.73.